The highest BCUT2D eigenvalue weighted by Crippen LogP contribution is 2.34. The summed E-state index contributed by atoms with van der Waals surface area (Å²) in [7, 11) is 0. The lowest BCUT2D eigenvalue weighted by Gasteiger charge is -2.11. The fraction of sp³-hybridized carbons (Fsp3) is 0.250. The Morgan fingerprint density at radius 1 is 1.21 bits per heavy atom. The SMILES string of the molecule is Clc1ccccc1Nc1ncc(Br)c(NC2=CC(C3CC3)NN2)n1. The van der Waals surface area contributed by atoms with Gasteiger partial charge in [0.05, 0.1) is 21.2 Å². The van der Waals surface area contributed by atoms with E-state index in [2.05, 4.69) is 53.5 Å². The molecule has 0 radical (unpaired) electrons. The molecule has 1 fully saturated rings. The van der Waals surface area contributed by atoms with Crippen LogP contribution in [0.5, 0.6) is 0 Å². The van der Waals surface area contributed by atoms with Crippen LogP contribution in [-0.4, -0.2) is 16.0 Å². The summed E-state index contributed by atoms with van der Waals surface area (Å²) in [6.45, 7) is 0. The van der Waals surface area contributed by atoms with Crippen molar-refractivity contribution in [3.8, 4) is 0 Å². The van der Waals surface area contributed by atoms with E-state index in [4.69, 9.17) is 11.6 Å². The predicted octanol–water partition coefficient (Wildman–Crippen LogP) is 3.78. The van der Waals surface area contributed by atoms with Crippen LogP contribution in [0.4, 0.5) is 17.5 Å². The molecule has 1 unspecified atom stereocenters. The molecule has 1 aliphatic carbocycles. The zero-order valence-corrected chi connectivity index (χ0v) is 15.0. The lowest BCUT2D eigenvalue weighted by Crippen LogP contribution is -2.34. The van der Waals surface area contributed by atoms with Gasteiger partial charge in [-0.05, 0) is 52.9 Å². The molecular formula is C16H16BrClN6. The number of benzene rings is 1. The van der Waals surface area contributed by atoms with Crippen LogP contribution in [0.1, 0.15) is 12.8 Å². The van der Waals surface area contributed by atoms with Crippen molar-refractivity contribution in [1.29, 1.82) is 0 Å². The molecule has 0 bridgehead atoms. The Morgan fingerprint density at radius 3 is 2.83 bits per heavy atom. The summed E-state index contributed by atoms with van der Waals surface area (Å²) in [5.74, 6) is 2.79. The minimum Gasteiger partial charge on any atom is -0.325 e. The van der Waals surface area contributed by atoms with Crippen molar-refractivity contribution in [2.45, 2.75) is 18.9 Å². The Labute approximate surface area is 153 Å². The van der Waals surface area contributed by atoms with Crippen molar-refractivity contribution in [3.63, 3.8) is 0 Å². The summed E-state index contributed by atoms with van der Waals surface area (Å²) in [4.78, 5) is 8.79. The molecule has 2 aliphatic rings. The van der Waals surface area contributed by atoms with Crippen molar-refractivity contribution in [3.05, 3.63) is 51.9 Å². The number of hydrazine groups is 1. The maximum Gasteiger partial charge on any atom is 0.229 e. The number of hydrogen-bond acceptors (Lipinski definition) is 6. The van der Waals surface area contributed by atoms with Gasteiger partial charge in [-0.1, -0.05) is 23.7 Å². The van der Waals surface area contributed by atoms with Gasteiger partial charge < -0.3 is 16.1 Å². The molecule has 0 amide bonds. The molecule has 1 atom stereocenters. The zero-order chi connectivity index (χ0) is 16.5. The topological polar surface area (TPSA) is 73.9 Å². The monoisotopic (exact) mass is 406 g/mol. The van der Waals surface area contributed by atoms with Crippen LogP contribution in [0, 0.1) is 5.92 Å². The second-order valence-corrected chi connectivity index (χ2v) is 7.09. The summed E-state index contributed by atoms with van der Waals surface area (Å²) in [6, 6.07) is 7.87. The number of aromatic nitrogens is 2. The van der Waals surface area contributed by atoms with Gasteiger partial charge in [0, 0.05) is 6.20 Å². The van der Waals surface area contributed by atoms with E-state index >= 15 is 0 Å². The Kier molecular flexibility index (Phi) is 4.30. The third-order valence-electron chi connectivity index (χ3n) is 3.97. The van der Waals surface area contributed by atoms with Gasteiger partial charge in [-0.25, -0.2) is 10.4 Å². The highest BCUT2D eigenvalue weighted by molar-refractivity contribution is 9.10. The van der Waals surface area contributed by atoms with E-state index in [9.17, 15) is 0 Å². The summed E-state index contributed by atoms with van der Waals surface area (Å²) < 4.78 is 0.782. The molecule has 2 heterocycles. The van der Waals surface area contributed by atoms with Gasteiger partial charge in [0.1, 0.15) is 5.82 Å². The second kappa shape index (κ2) is 6.58. The molecule has 4 rings (SSSR count). The molecule has 124 valence electrons. The number of para-hydroxylation sites is 1. The first-order valence-electron chi connectivity index (χ1n) is 7.73. The first-order chi connectivity index (χ1) is 11.7. The van der Waals surface area contributed by atoms with E-state index in [0.29, 0.717) is 22.8 Å². The number of hydrogen-bond donors (Lipinski definition) is 4. The van der Waals surface area contributed by atoms with Crippen molar-refractivity contribution < 1.29 is 0 Å². The van der Waals surface area contributed by atoms with Crippen LogP contribution in [-0.2, 0) is 0 Å². The van der Waals surface area contributed by atoms with Crippen molar-refractivity contribution in [1.82, 2.24) is 20.8 Å². The third kappa shape index (κ3) is 3.48. The second-order valence-electron chi connectivity index (χ2n) is 5.83. The largest absolute Gasteiger partial charge is 0.325 e. The van der Waals surface area contributed by atoms with Gasteiger partial charge in [-0.3, -0.25) is 0 Å². The first kappa shape index (κ1) is 15.7. The molecule has 8 heteroatoms. The first-order valence-corrected chi connectivity index (χ1v) is 8.90. The maximum absolute atomic E-state index is 6.16. The average Bonchev–Trinajstić information content (AvgIpc) is 3.33. The molecule has 6 nitrogen and oxygen atoms in total. The minimum atomic E-state index is 0.383. The average molecular weight is 408 g/mol. The van der Waals surface area contributed by atoms with Crippen molar-refractivity contribution in [2.75, 3.05) is 10.6 Å². The van der Waals surface area contributed by atoms with E-state index in [1.165, 1.54) is 12.8 Å². The van der Waals surface area contributed by atoms with Gasteiger partial charge in [0.15, 0.2) is 5.82 Å². The fourth-order valence-electron chi connectivity index (χ4n) is 2.53. The highest BCUT2D eigenvalue weighted by atomic mass is 79.9. The molecular weight excluding hydrogens is 392 g/mol. The lowest BCUT2D eigenvalue weighted by molar-refractivity contribution is 0.530. The van der Waals surface area contributed by atoms with Gasteiger partial charge in [0.2, 0.25) is 5.95 Å². The van der Waals surface area contributed by atoms with Crippen LogP contribution < -0.4 is 21.5 Å². The summed E-state index contributed by atoms with van der Waals surface area (Å²) in [6.07, 6.45) is 6.43. The van der Waals surface area contributed by atoms with Gasteiger partial charge >= 0.3 is 0 Å². The maximum atomic E-state index is 6.16. The predicted molar refractivity (Wildman–Crippen MR) is 99.0 cm³/mol. The van der Waals surface area contributed by atoms with Crippen molar-refractivity contribution >= 4 is 45.0 Å². The molecule has 2 aromatic rings. The molecule has 0 saturated heterocycles. The number of halogens is 2. The highest BCUT2D eigenvalue weighted by Gasteiger charge is 2.32. The zero-order valence-electron chi connectivity index (χ0n) is 12.7. The smallest absolute Gasteiger partial charge is 0.229 e. The van der Waals surface area contributed by atoms with Crippen molar-refractivity contribution in [2.24, 2.45) is 5.92 Å². The van der Waals surface area contributed by atoms with Gasteiger partial charge in [0.25, 0.3) is 0 Å². The third-order valence-corrected chi connectivity index (χ3v) is 4.88. The molecule has 24 heavy (non-hydrogen) atoms. The summed E-state index contributed by atoms with van der Waals surface area (Å²) in [5.41, 5.74) is 7.20. The minimum absolute atomic E-state index is 0.383. The Hall–Kier alpha value is -1.83. The summed E-state index contributed by atoms with van der Waals surface area (Å²) in [5, 5.41) is 7.03. The molecule has 0 spiro atoms. The van der Waals surface area contributed by atoms with E-state index in [0.717, 1.165) is 21.9 Å². The quantitative estimate of drug-likeness (QED) is 0.604. The van der Waals surface area contributed by atoms with Crippen LogP contribution >= 0.6 is 27.5 Å². The van der Waals surface area contributed by atoms with Crippen LogP contribution in [0.3, 0.4) is 0 Å². The number of nitrogens with one attached hydrogen (secondary N) is 4. The molecule has 1 aromatic carbocycles. The van der Waals surface area contributed by atoms with E-state index < -0.39 is 0 Å². The summed E-state index contributed by atoms with van der Waals surface area (Å²) >= 11 is 9.64. The standard InChI is InChI=1S/C16H16BrClN6/c17-10-8-19-16(20-12-4-2-1-3-11(12)18)22-15(10)21-14-7-13(23-24-14)9-5-6-9/h1-4,7-9,13,23-24H,5-6H2,(H2,19,20,21,22). The molecule has 1 saturated carbocycles. The van der Waals surface area contributed by atoms with E-state index in [-0.39, 0.29) is 0 Å². The number of nitrogens with zero attached hydrogens (tertiary/aromatic N) is 2. The van der Waals surface area contributed by atoms with Crippen LogP contribution in [0.25, 0.3) is 0 Å². The number of anilines is 3. The Morgan fingerprint density at radius 2 is 2.04 bits per heavy atom. The van der Waals surface area contributed by atoms with Crippen LogP contribution in [0.15, 0.2) is 46.8 Å². The molecule has 1 aromatic heterocycles. The van der Waals surface area contributed by atoms with E-state index in [1.54, 1.807) is 6.20 Å². The molecule has 1 aliphatic heterocycles. The fourth-order valence-corrected chi connectivity index (χ4v) is 3.00. The number of rotatable bonds is 5. The Balaban J connectivity index is 1.51. The Bertz CT molecular complexity index is 792. The van der Waals surface area contributed by atoms with E-state index in [1.807, 2.05) is 24.3 Å². The van der Waals surface area contributed by atoms with Gasteiger partial charge in [-0.15, -0.1) is 0 Å². The lowest BCUT2D eigenvalue weighted by atomic mass is 10.2. The normalized spacial score (nSPS) is 19.6. The van der Waals surface area contributed by atoms with Crippen LogP contribution in [0.2, 0.25) is 5.02 Å². The molecule has 4 N–H and O–H groups in total. The van der Waals surface area contributed by atoms with Gasteiger partial charge in [-0.2, -0.15) is 4.98 Å².